The lowest BCUT2D eigenvalue weighted by atomic mass is 10.1. The first-order valence-corrected chi connectivity index (χ1v) is 6.11. The Labute approximate surface area is 108 Å². The van der Waals surface area contributed by atoms with Gasteiger partial charge in [-0.1, -0.05) is 60.7 Å². The molecule has 0 aliphatic rings. The fourth-order valence-electron chi connectivity index (χ4n) is 1.98. The van der Waals surface area contributed by atoms with Gasteiger partial charge >= 0.3 is 0 Å². The lowest BCUT2D eigenvalue weighted by Gasteiger charge is -2.25. The Morgan fingerprint density at radius 1 is 1.00 bits per heavy atom. The molecule has 0 fully saturated rings. The van der Waals surface area contributed by atoms with Gasteiger partial charge < -0.3 is 4.90 Å². The van der Waals surface area contributed by atoms with Crippen LogP contribution >= 0.6 is 0 Å². The van der Waals surface area contributed by atoms with Gasteiger partial charge in [-0.15, -0.1) is 0 Å². The summed E-state index contributed by atoms with van der Waals surface area (Å²) in [5.41, 5.74) is 2.30. The van der Waals surface area contributed by atoms with Crippen LogP contribution in [0.2, 0.25) is 0 Å². The molecule has 18 heavy (non-hydrogen) atoms. The zero-order chi connectivity index (χ0) is 12.8. The Balaban J connectivity index is 2.12. The third kappa shape index (κ3) is 2.98. The van der Waals surface area contributed by atoms with E-state index in [1.54, 1.807) is 0 Å². The molecule has 0 radical (unpaired) electrons. The topological polar surface area (TPSA) is 20.3 Å². The van der Waals surface area contributed by atoms with Crippen LogP contribution in [0.3, 0.4) is 0 Å². The lowest BCUT2D eigenvalue weighted by Crippen LogP contribution is -2.24. The third-order valence-corrected chi connectivity index (χ3v) is 3.12. The van der Waals surface area contributed by atoms with Crippen LogP contribution in [0.1, 0.15) is 24.1 Å². The molecule has 0 N–H and O–H groups in total. The van der Waals surface area contributed by atoms with Crippen molar-refractivity contribution in [2.75, 3.05) is 0 Å². The van der Waals surface area contributed by atoms with Crippen LogP contribution in [0.25, 0.3) is 0 Å². The fourth-order valence-corrected chi connectivity index (χ4v) is 1.98. The number of amides is 1. The van der Waals surface area contributed by atoms with Gasteiger partial charge in [-0.3, -0.25) is 4.79 Å². The molecule has 0 aromatic heterocycles. The number of nitrogens with zero attached hydrogens (tertiary/aromatic N) is 1. The summed E-state index contributed by atoms with van der Waals surface area (Å²) in [6, 6.07) is 20.2. The molecule has 2 nitrogen and oxygen atoms in total. The van der Waals surface area contributed by atoms with Crippen molar-refractivity contribution < 1.29 is 4.79 Å². The molecule has 0 aliphatic carbocycles. The van der Waals surface area contributed by atoms with E-state index >= 15 is 0 Å². The Hall–Kier alpha value is -2.09. The van der Waals surface area contributed by atoms with Gasteiger partial charge in [0.2, 0.25) is 6.41 Å². The number of rotatable bonds is 5. The average Bonchev–Trinajstić information content (AvgIpc) is 2.46. The predicted octanol–water partition coefficient (Wildman–Crippen LogP) is 3.41. The normalized spacial score (nSPS) is 11.8. The summed E-state index contributed by atoms with van der Waals surface area (Å²) >= 11 is 0. The molecule has 0 bridgehead atoms. The number of hydrogen-bond acceptors (Lipinski definition) is 1. The minimum atomic E-state index is 0.0870. The maximum absolute atomic E-state index is 11.3. The molecular formula is C16H17NO. The minimum absolute atomic E-state index is 0.0870. The highest BCUT2D eigenvalue weighted by Crippen LogP contribution is 2.20. The maximum atomic E-state index is 11.3. The van der Waals surface area contributed by atoms with Crippen molar-refractivity contribution in [2.24, 2.45) is 0 Å². The maximum Gasteiger partial charge on any atom is 0.210 e. The Morgan fingerprint density at radius 2 is 1.56 bits per heavy atom. The quantitative estimate of drug-likeness (QED) is 0.732. The second kappa shape index (κ2) is 6.01. The van der Waals surface area contributed by atoms with Gasteiger partial charge in [0.1, 0.15) is 0 Å². The van der Waals surface area contributed by atoms with Gasteiger partial charge in [-0.2, -0.15) is 0 Å². The highest BCUT2D eigenvalue weighted by Gasteiger charge is 2.13. The van der Waals surface area contributed by atoms with Crippen LogP contribution in [0.15, 0.2) is 60.7 Å². The van der Waals surface area contributed by atoms with Gasteiger partial charge in [0, 0.05) is 6.54 Å². The monoisotopic (exact) mass is 239 g/mol. The van der Waals surface area contributed by atoms with E-state index in [0.29, 0.717) is 6.54 Å². The van der Waals surface area contributed by atoms with Gasteiger partial charge in [-0.25, -0.2) is 0 Å². The molecule has 2 aromatic carbocycles. The van der Waals surface area contributed by atoms with Crippen LogP contribution in [-0.2, 0) is 11.3 Å². The SMILES string of the molecule is CC(c1ccccc1)N(C=O)Cc1ccccc1. The van der Waals surface area contributed by atoms with Crippen molar-refractivity contribution in [3.05, 3.63) is 71.8 Å². The minimum Gasteiger partial charge on any atom is -0.334 e. The first kappa shape index (κ1) is 12.4. The van der Waals surface area contributed by atoms with Gasteiger partial charge in [0.05, 0.1) is 6.04 Å². The molecule has 92 valence electrons. The number of carbonyl (C=O) groups is 1. The molecule has 2 heteroatoms. The van der Waals surface area contributed by atoms with E-state index in [-0.39, 0.29) is 6.04 Å². The van der Waals surface area contributed by atoms with Gasteiger partial charge in [-0.05, 0) is 18.1 Å². The van der Waals surface area contributed by atoms with Crippen molar-refractivity contribution in [3.8, 4) is 0 Å². The molecule has 2 aromatic rings. The van der Waals surface area contributed by atoms with E-state index < -0.39 is 0 Å². The second-order valence-electron chi connectivity index (χ2n) is 4.35. The number of carbonyl (C=O) groups excluding carboxylic acids is 1. The Kier molecular flexibility index (Phi) is 4.13. The van der Waals surface area contributed by atoms with Crippen LogP contribution in [0.4, 0.5) is 0 Å². The Morgan fingerprint density at radius 3 is 2.11 bits per heavy atom. The van der Waals surface area contributed by atoms with Crippen LogP contribution in [0.5, 0.6) is 0 Å². The highest BCUT2D eigenvalue weighted by molar-refractivity contribution is 5.49. The summed E-state index contributed by atoms with van der Waals surface area (Å²) in [4.78, 5) is 13.1. The summed E-state index contributed by atoms with van der Waals surface area (Å²) in [6.07, 6.45) is 0.921. The summed E-state index contributed by atoms with van der Waals surface area (Å²) in [7, 11) is 0. The van der Waals surface area contributed by atoms with E-state index in [0.717, 1.165) is 17.5 Å². The van der Waals surface area contributed by atoms with Crippen molar-refractivity contribution in [3.63, 3.8) is 0 Å². The van der Waals surface area contributed by atoms with Crippen LogP contribution in [0, 0.1) is 0 Å². The smallest absolute Gasteiger partial charge is 0.210 e. The summed E-state index contributed by atoms with van der Waals surface area (Å²) in [6.45, 7) is 2.69. The first-order valence-electron chi connectivity index (χ1n) is 6.11. The van der Waals surface area contributed by atoms with Crippen molar-refractivity contribution >= 4 is 6.41 Å². The standard InChI is InChI=1S/C16H17NO/c1-14(16-10-6-3-7-11-16)17(13-18)12-15-8-4-2-5-9-15/h2-11,13-14H,12H2,1H3. The zero-order valence-corrected chi connectivity index (χ0v) is 10.5. The van der Waals surface area contributed by atoms with Crippen molar-refractivity contribution in [2.45, 2.75) is 19.5 Å². The van der Waals surface area contributed by atoms with E-state index in [9.17, 15) is 4.79 Å². The van der Waals surface area contributed by atoms with Crippen molar-refractivity contribution in [1.82, 2.24) is 4.90 Å². The number of hydrogen-bond donors (Lipinski definition) is 0. The average molecular weight is 239 g/mol. The first-order chi connectivity index (χ1) is 8.81. The molecule has 0 spiro atoms. The van der Waals surface area contributed by atoms with E-state index in [1.165, 1.54) is 0 Å². The third-order valence-electron chi connectivity index (χ3n) is 3.12. The van der Waals surface area contributed by atoms with E-state index in [1.807, 2.05) is 72.5 Å². The highest BCUT2D eigenvalue weighted by atomic mass is 16.1. The summed E-state index contributed by atoms with van der Waals surface area (Å²) in [5, 5.41) is 0. The molecule has 0 saturated heterocycles. The molecule has 0 saturated carbocycles. The number of benzene rings is 2. The molecule has 0 heterocycles. The largest absolute Gasteiger partial charge is 0.334 e. The predicted molar refractivity (Wildman–Crippen MR) is 72.9 cm³/mol. The summed E-state index contributed by atoms with van der Waals surface area (Å²) in [5.74, 6) is 0. The van der Waals surface area contributed by atoms with Gasteiger partial charge in [0.15, 0.2) is 0 Å². The molecular weight excluding hydrogens is 222 g/mol. The molecule has 0 aliphatic heterocycles. The van der Waals surface area contributed by atoms with Crippen molar-refractivity contribution in [1.29, 1.82) is 0 Å². The molecule has 1 amide bonds. The molecule has 2 rings (SSSR count). The summed E-state index contributed by atoms with van der Waals surface area (Å²) < 4.78 is 0. The van der Waals surface area contributed by atoms with Crippen LogP contribution < -0.4 is 0 Å². The van der Waals surface area contributed by atoms with E-state index in [2.05, 4.69) is 0 Å². The molecule has 1 unspecified atom stereocenters. The fraction of sp³-hybridized carbons (Fsp3) is 0.188. The second-order valence-corrected chi connectivity index (χ2v) is 4.35. The Bertz CT molecular complexity index is 481. The zero-order valence-electron chi connectivity index (χ0n) is 10.5. The lowest BCUT2D eigenvalue weighted by molar-refractivity contribution is -0.120. The van der Waals surface area contributed by atoms with E-state index in [4.69, 9.17) is 0 Å². The van der Waals surface area contributed by atoms with Crippen LogP contribution in [-0.4, -0.2) is 11.3 Å². The molecule has 1 atom stereocenters. The van der Waals surface area contributed by atoms with Gasteiger partial charge in [0.25, 0.3) is 0 Å².